The molecule has 0 aliphatic rings. The number of aromatic amines is 1. The van der Waals surface area contributed by atoms with Crippen LogP contribution in [0.1, 0.15) is 44.7 Å². The van der Waals surface area contributed by atoms with E-state index < -0.39 is 0 Å². The predicted molar refractivity (Wildman–Crippen MR) is 119 cm³/mol. The van der Waals surface area contributed by atoms with Crippen LogP contribution in [0.2, 0.25) is 0 Å². The number of hydrogen-bond acceptors (Lipinski definition) is 2. The molecule has 3 rings (SSSR count). The molecule has 0 aliphatic heterocycles. The zero-order chi connectivity index (χ0) is 19.6. The number of nitrogens with one attached hydrogen (secondary N) is 1. The Morgan fingerprint density at radius 3 is 2.44 bits per heavy atom. The number of unbranched alkanes of at least 4 members (excludes halogenated alkanes) is 1. The molecule has 0 spiro atoms. The average Bonchev–Trinajstić information content (AvgIpc) is 2.99. The van der Waals surface area contributed by atoms with Gasteiger partial charge < -0.3 is 15.6 Å². The maximum atomic E-state index is 5.75. The van der Waals surface area contributed by atoms with E-state index in [1.165, 1.54) is 39.0 Å². The van der Waals surface area contributed by atoms with Gasteiger partial charge in [-0.15, -0.1) is 0 Å². The van der Waals surface area contributed by atoms with Gasteiger partial charge in [0.25, 0.3) is 0 Å². The van der Waals surface area contributed by atoms with Gasteiger partial charge in [-0.1, -0.05) is 39.0 Å². The highest BCUT2D eigenvalue weighted by Crippen LogP contribution is 2.35. The van der Waals surface area contributed by atoms with Crippen LogP contribution in [0.5, 0.6) is 0 Å². The van der Waals surface area contributed by atoms with Gasteiger partial charge in [-0.05, 0) is 66.6 Å². The average molecular weight is 364 g/mol. The quantitative estimate of drug-likeness (QED) is 0.570. The molecule has 0 saturated heterocycles. The first kappa shape index (κ1) is 19.5. The summed E-state index contributed by atoms with van der Waals surface area (Å²) < 4.78 is 0. The van der Waals surface area contributed by atoms with Crippen molar-refractivity contribution < 1.29 is 0 Å². The number of aryl methyl sites for hydroxylation is 1. The number of anilines is 1. The molecule has 3 heteroatoms. The van der Waals surface area contributed by atoms with Crippen molar-refractivity contribution in [2.75, 3.05) is 25.5 Å². The topological polar surface area (TPSA) is 45.0 Å². The van der Waals surface area contributed by atoms with E-state index in [-0.39, 0.29) is 5.41 Å². The summed E-state index contributed by atoms with van der Waals surface area (Å²) in [7, 11) is 4.17. The normalized spacial score (nSPS) is 11.9. The number of nitrogens with zero attached hydrogens (tertiary/aromatic N) is 1. The predicted octanol–water partition coefficient (Wildman–Crippen LogP) is 5.48. The Labute approximate surface area is 163 Å². The smallest absolute Gasteiger partial charge is 0.0498 e. The van der Waals surface area contributed by atoms with Gasteiger partial charge >= 0.3 is 0 Å². The number of aromatic nitrogens is 1. The summed E-state index contributed by atoms with van der Waals surface area (Å²) in [5.41, 5.74) is 13.6. The van der Waals surface area contributed by atoms with Crippen molar-refractivity contribution in [2.24, 2.45) is 5.73 Å². The van der Waals surface area contributed by atoms with Crippen LogP contribution in [0.25, 0.3) is 22.2 Å². The Balaban J connectivity index is 2.16. The fourth-order valence-corrected chi connectivity index (χ4v) is 3.61. The third kappa shape index (κ3) is 4.19. The van der Waals surface area contributed by atoms with Gasteiger partial charge in [-0.25, -0.2) is 0 Å². The van der Waals surface area contributed by atoms with E-state index >= 15 is 0 Å². The van der Waals surface area contributed by atoms with Crippen molar-refractivity contribution in [1.29, 1.82) is 0 Å². The van der Waals surface area contributed by atoms with Crippen LogP contribution in [0.15, 0.2) is 42.5 Å². The van der Waals surface area contributed by atoms with E-state index in [1.807, 2.05) is 0 Å². The van der Waals surface area contributed by atoms with Crippen LogP contribution < -0.4 is 10.6 Å². The Morgan fingerprint density at radius 1 is 1.00 bits per heavy atom. The Hall–Kier alpha value is -2.26. The highest BCUT2D eigenvalue weighted by Gasteiger charge is 2.18. The summed E-state index contributed by atoms with van der Waals surface area (Å²) in [5, 5.41) is 1.35. The molecular formula is C24H33N3. The molecular weight excluding hydrogens is 330 g/mol. The lowest BCUT2D eigenvalue weighted by Crippen LogP contribution is -2.10. The van der Waals surface area contributed by atoms with Crippen molar-refractivity contribution in [1.82, 2.24) is 4.98 Å². The van der Waals surface area contributed by atoms with Gasteiger partial charge in [-0.2, -0.15) is 0 Å². The van der Waals surface area contributed by atoms with Gasteiger partial charge in [0, 0.05) is 41.9 Å². The highest BCUT2D eigenvalue weighted by molar-refractivity contribution is 5.91. The fraction of sp³-hybridized carbons (Fsp3) is 0.417. The van der Waals surface area contributed by atoms with E-state index in [0.717, 1.165) is 25.8 Å². The van der Waals surface area contributed by atoms with E-state index in [1.54, 1.807) is 0 Å². The van der Waals surface area contributed by atoms with Crippen molar-refractivity contribution in [2.45, 2.75) is 45.4 Å². The fourth-order valence-electron chi connectivity index (χ4n) is 3.61. The molecule has 3 nitrogen and oxygen atoms in total. The molecule has 0 fully saturated rings. The molecule has 0 bridgehead atoms. The minimum atomic E-state index is 0.144. The second kappa shape index (κ2) is 7.77. The van der Waals surface area contributed by atoms with Gasteiger partial charge in [0.15, 0.2) is 0 Å². The molecule has 144 valence electrons. The maximum absolute atomic E-state index is 5.75. The number of rotatable bonds is 6. The zero-order valence-corrected chi connectivity index (χ0v) is 17.4. The Kier molecular flexibility index (Phi) is 5.61. The molecule has 0 radical (unpaired) electrons. The first-order valence-electron chi connectivity index (χ1n) is 9.94. The summed E-state index contributed by atoms with van der Waals surface area (Å²) in [6, 6.07) is 15.6. The molecule has 0 atom stereocenters. The summed E-state index contributed by atoms with van der Waals surface area (Å²) in [6.45, 7) is 7.57. The van der Waals surface area contributed by atoms with Crippen LogP contribution in [0, 0.1) is 0 Å². The summed E-state index contributed by atoms with van der Waals surface area (Å²) >= 11 is 0. The molecule has 0 saturated carbocycles. The van der Waals surface area contributed by atoms with E-state index in [9.17, 15) is 0 Å². The number of H-pyrrole nitrogens is 1. The van der Waals surface area contributed by atoms with E-state index in [4.69, 9.17) is 5.73 Å². The van der Waals surface area contributed by atoms with Gasteiger partial charge in [0.1, 0.15) is 0 Å². The monoisotopic (exact) mass is 363 g/mol. The third-order valence-electron chi connectivity index (χ3n) is 5.30. The van der Waals surface area contributed by atoms with Crippen LogP contribution >= 0.6 is 0 Å². The van der Waals surface area contributed by atoms with Crippen LogP contribution in [0.3, 0.4) is 0 Å². The number of benzene rings is 2. The van der Waals surface area contributed by atoms with Crippen LogP contribution in [0.4, 0.5) is 5.69 Å². The van der Waals surface area contributed by atoms with Gasteiger partial charge in [0.05, 0.1) is 0 Å². The molecule has 27 heavy (non-hydrogen) atoms. The molecule has 0 aliphatic carbocycles. The zero-order valence-electron chi connectivity index (χ0n) is 17.4. The molecule has 0 amide bonds. The molecule has 0 unspecified atom stereocenters. The van der Waals surface area contributed by atoms with Crippen molar-refractivity contribution >= 4 is 16.6 Å². The summed E-state index contributed by atoms with van der Waals surface area (Å²) in [6.07, 6.45) is 3.22. The van der Waals surface area contributed by atoms with Gasteiger partial charge in [0.2, 0.25) is 0 Å². The lowest BCUT2D eigenvalue weighted by atomic mass is 9.86. The Bertz CT molecular complexity index is 913. The van der Waals surface area contributed by atoms with Crippen molar-refractivity contribution in [3.63, 3.8) is 0 Å². The van der Waals surface area contributed by atoms with E-state index in [2.05, 4.69) is 87.2 Å². The van der Waals surface area contributed by atoms with Crippen LogP contribution in [-0.4, -0.2) is 25.6 Å². The minimum absolute atomic E-state index is 0.144. The molecule has 3 aromatic rings. The Morgan fingerprint density at radius 2 is 1.78 bits per heavy atom. The molecule has 3 N–H and O–H groups in total. The summed E-state index contributed by atoms with van der Waals surface area (Å²) in [5.74, 6) is 0. The first-order valence-corrected chi connectivity index (χ1v) is 9.94. The standard InChI is InChI=1S/C24H33N3/c1-24(2,3)18-12-13-22-21(16-18)20(11-6-7-14-25)23(26-22)17-9-8-10-19(15-17)27(4)5/h8-10,12-13,15-16,26H,6-7,11,14,25H2,1-5H3. The number of nitrogens with two attached hydrogens (primary N) is 1. The van der Waals surface area contributed by atoms with E-state index in [0.29, 0.717) is 0 Å². The number of fused-ring (bicyclic) bond motifs is 1. The van der Waals surface area contributed by atoms with Crippen molar-refractivity contribution in [3.05, 3.63) is 53.6 Å². The van der Waals surface area contributed by atoms with Crippen molar-refractivity contribution in [3.8, 4) is 11.3 Å². The molecule has 2 aromatic carbocycles. The van der Waals surface area contributed by atoms with Gasteiger partial charge in [-0.3, -0.25) is 0 Å². The lowest BCUT2D eigenvalue weighted by Gasteiger charge is -2.19. The highest BCUT2D eigenvalue weighted by atomic mass is 15.1. The first-order chi connectivity index (χ1) is 12.8. The van der Waals surface area contributed by atoms with Crippen LogP contribution in [-0.2, 0) is 11.8 Å². The minimum Gasteiger partial charge on any atom is -0.378 e. The second-order valence-corrected chi connectivity index (χ2v) is 8.68. The lowest BCUT2D eigenvalue weighted by molar-refractivity contribution is 0.591. The molecule has 1 heterocycles. The maximum Gasteiger partial charge on any atom is 0.0498 e. The molecule has 1 aromatic heterocycles. The SMILES string of the molecule is CN(C)c1cccc(-c2[nH]c3ccc(C(C)(C)C)cc3c2CCCCN)c1. The second-order valence-electron chi connectivity index (χ2n) is 8.68. The summed E-state index contributed by atoms with van der Waals surface area (Å²) in [4.78, 5) is 5.85. The largest absolute Gasteiger partial charge is 0.378 e. The third-order valence-corrected chi connectivity index (χ3v) is 5.30. The number of hydrogen-bond donors (Lipinski definition) is 2.